The van der Waals surface area contributed by atoms with Crippen LogP contribution in [0.5, 0.6) is 11.5 Å². The van der Waals surface area contributed by atoms with Gasteiger partial charge in [-0.25, -0.2) is 9.37 Å². The zero-order valence-corrected chi connectivity index (χ0v) is 16.8. The van der Waals surface area contributed by atoms with Gasteiger partial charge in [0.15, 0.2) is 18.1 Å². The van der Waals surface area contributed by atoms with Gasteiger partial charge >= 0.3 is 0 Å². The SMILES string of the molecule is COc1cc(/C=N/Nc2ccc([N+](=O)[O-])cn2)ccc1OCC(=O)Nc1ccc(F)cc1. The van der Waals surface area contributed by atoms with Crippen LogP contribution < -0.4 is 20.2 Å². The molecule has 3 aromatic rings. The summed E-state index contributed by atoms with van der Waals surface area (Å²) in [7, 11) is 1.46. The molecule has 0 radical (unpaired) electrons. The van der Waals surface area contributed by atoms with Crippen LogP contribution in [-0.4, -0.2) is 35.7 Å². The molecule has 0 saturated carbocycles. The van der Waals surface area contributed by atoms with Crippen LogP contribution in [0.25, 0.3) is 0 Å². The molecule has 1 aromatic heterocycles. The molecule has 2 aromatic carbocycles. The first-order chi connectivity index (χ1) is 15.4. The van der Waals surface area contributed by atoms with E-state index in [1.807, 2.05) is 0 Å². The number of anilines is 2. The lowest BCUT2D eigenvalue weighted by Crippen LogP contribution is -2.20. The number of hydrogen-bond acceptors (Lipinski definition) is 8. The summed E-state index contributed by atoms with van der Waals surface area (Å²) in [4.78, 5) is 26.0. The number of nitrogens with one attached hydrogen (secondary N) is 2. The average molecular weight is 439 g/mol. The number of rotatable bonds is 9. The maximum absolute atomic E-state index is 12.9. The molecule has 0 atom stereocenters. The first kappa shape index (κ1) is 22.2. The maximum Gasteiger partial charge on any atom is 0.287 e. The van der Waals surface area contributed by atoms with E-state index in [1.165, 1.54) is 49.7 Å². The molecule has 0 fully saturated rings. The van der Waals surface area contributed by atoms with Crippen molar-refractivity contribution in [1.82, 2.24) is 4.98 Å². The molecule has 2 N–H and O–H groups in total. The molecule has 10 nitrogen and oxygen atoms in total. The zero-order valence-electron chi connectivity index (χ0n) is 16.8. The fourth-order valence-corrected chi connectivity index (χ4v) is 2.49. The fraction of sp³-hybridized carbons (Fsp3) is 0.0952. The fourth-order valence-electron chi connectivity index (χ4n) is 2.49. The van der Waals surface area contributed by atoms with Crippen LogP contribution in [0.3, 0.4) is 0 Å². The molecule has 0 aliphatic carbocycles. The molecule has 1 heterocycles. The van der Waals surface area contributed by atoms with Crippen molar-refractivity contribution in [3.8, 4) is 11.5 Å². The highest BCUT2D eigenvalue weighted by molar-refractivity contribution is 5.91. The van der Waals surface area contributed by atoms with Gasteiger partial charge in [-0.3, -0.25) is 20.3 Å². The number of aromatic nitrogens is 1. The summed E-state index contributed by atoms with van der Waals surface area (Å²) in [5.41, 5.74) is 3.66. The molecule has 0 aliphatic heterocycles. The lowest BCUT2D eigenvalue weighted by molar-refractivity contribution is -0.385. The van der Waals surface area contributed by atoms with E-state index in [2.05, 4.69) is 20.8 Å². The predicted octanol–water partition coefficient (Wildman–Crippen LogP) is 3.60. The second-order valence-electron chi connectivity index (χ2n) is 6.28. The molecule has 0 unspecified atom stereocenters. The van der Waals surface area contributed by atoms with Gasteiger partial charge in [0.1, 0.15) is 17.8 Å². The highest BCUT2D eigenvalue weighted by atomic mass is 19.1. The van der Waals surface area contributed by atoms with E-state index in [-0.39, 0.29) is 12.3 Å². The monoisotopic (exact) mass is 439 g/mol. The van der Waals surface area contributed by atoms with Gasteiger partial charge in [-0.15, -0.1) is 0 Å². The molecule has 32 heavy (non-hydrogen) atoms. The van der Waals surface area contributed by atoms with Crippen LogP contribution in [0.1, 0.15) is 5.56 Å². The summed E-state index contributed by atoms with van der Waals surface area (Å²) in [6.45, 7) is -0.269. The third-order valence-electron chi connectivity index (χ3n) is 4.03. The second kappa shape index (κ2) is 10.5. The van der Waals surface area contributed by atoms with E-state index in [9.17, 15) is 19.3 Å². The number of hydrogen-bond donors (Lipinski definition) is 2. The Morgan fingerprint density at radius 1 is 1.19 bits per heavy atom. The van der Waals surface area contributed by atoms with Crippen LogP contribution in [-0.2, 0) is 4.79 Å². The van der Waals surface area contributed by atoms with Crippen LogP contribution in [0, 0.1) is 15.9 Å². The summed E-state index contributed by atoms with van der Waals surface area (Å²) in [5.74, 6) is 0.266. The average Bonchev–Trinajstić information content (AvgIpc) is 2.80. The smallest absolute Gasteiger partial charge is 0.287 e. The second-order valence-corrected chi connectivity index (χ2v) is 6.28. The van der Waals surface area contributed by atoms with E-state index in [4.69, 9.17) is 9.47 Å². The number of methoxy groups -OCH3 is 1. The normalized spacial score (nSPS) is 10.6. The Labute approximate surface area is 181 Å². The van der Waals surface area contributed by atoms with E-state index >= 15 is 0 Å². The van der Waals surface area contributed by atoms with Gasteiger partial charge in [-0.1, -0.05) is 0 Å². The van der Waals surface area contributed by atoms with Gasteiger partial charge in [0.05, 0.1) is 18.2 Å². The van der Waals surface area contributed by atoms with E-state index < -0.39 is 16.6 Å². The van der Waals surface area contributed by atoms with Crippen molar-refractivity contribution in [3.05, 3.63) is 82.3 Å². The number of carbonyl (C=O) groups is 1. The van der Waals surface area contributed by atoms with Crippen molar-refractivity contribution >= 4 is 29.3 Å². The third kappa shape index (κ3) is 6.23. The molecule has 11 heteroatoms. The summed E-state index contributed by atoms with van der Waals surface area (Å²) >= 11 is 0. The molecular formula is C21H18FN5O5. The first-order valence-corrected chi connectivity index (χ1v) is 9.20. The molecule has 3 rings (SSSR count). The quantitative estimate of drug-likeness (QED) is 0.296. The van der Waals surface area contributed by atoms with Gasteiger partial charge in [0.25, 0.3) is 11.6 Å². The van der Waals surface area contributed by atoms with Crippen LogP contribution >= 0.6 is 0 Å². The Morgan fingerprint density at radius 3 is 2.62 bits per heavy atom. The number of benzene rings is 2. The highest BCUT2D eigenvalue weighted by Crippen LogP contribution is 2.27. The Hall–Kier alpha value is -4.54. The largest absolute Gasteiger partial charge is 0.493 e. The Kier molecular flexibility index (Phi) is 7.25. The highest BCUT2D eigenvalue weighted by Gasteiger charge is 2.09. The van der Waals surface area contributed by atoms with E-state index in [0.29, 0.717) is 28.6 Å². The summed E-state index contributed by atoms with van der Waals surface area (Å²) in [5, 5.41) is 17.3. The van der Waals surface area contributed by atoms with Crippen molar-refractivity contribution in [2.45, 2.75) is 0 Å². The minimum atomic E-state index is -0.539. The molecular weight excluding hydrogens is 421 g/mol. The van der Waals surface area contributed by atoms with Gasteiger partial charge in [-0.05, 0) is 54.1 Å². The Bertz CT molecular complexity index is 1120. The van der Waals surface area contributed by atoms with E-state index in [0.717, 1.165) is 6.20 Å². The number of ether oxygens (including phenoxy) is 2. The topological polar surface area (TPSA) is 128 Å². The van der Waals surface area contributed by atoms with Crippen LogP contribution in [0.2, 0.25) is 0 Å². The number of hydrazone groups is 1. The van der Waals surface area contributed by atoms with Crippen molar-refractivity contribution < 1.29 is 23.6 Å². The summed E-state index contributed by atoms with van der Waals surface area (Å²) < 4.78 is 23.7. The molecule has 0 bridgehead atoms. The van der Waals surface area contributed by atoms with Gasteiger partial charge in [0, 0.05) is 11.8 Å². The number of nitrogens with zero attached hydrogens (tertiary/aromatic N) is 3. The van der Waals surface area contributed by atoms with E-state index in [1.54, 1.807) is 18.2 Å². The van der Waals surface area contributed by atoms with Crippen molar-refractivity contribution in [1.29, 1.82) is 0 Å². The van der Waals surface area contributed by atoms with Gasteiger partial charge < -0.3 is 14.8 Å². The number of amides is 1. The summed E-state index contributed by atoms with van der Waals surface area (Å²) in [6.07, 6.45) is 2.62. The molecule has 164 valence electrons. The predicted molar refractivity (Wildman–Crippen MR) is 116 cm³/mol. The minimum absolute atomic E-state index is 0.119. The number of pyridine rings is 1. The maximum atomic E-state index is 12.9. The molecule has 1 amide bonds. The Morgan fingerprint density at radius 2 is 1.97 bits per heavy atom. The van der Waals surface area contributed by atoms with Crippen molar-refractivity contribution in [2.75, 3.05) is 24.5 Å². The Balaban J connectivity index is 1.56. The molecule has 0 aliphatic rings. The molecule has 0 saturated heterocycles. The van der Waals surface area contributed by atoms with Crippen LogP contribution in [0.15, 0.2) is 65.9 Å². The minimum Gasteiger partial charge on any atom is -0.493 e. The van der Waals surface area contributed by atoms with Gasteiger partial charge in [0.2, 0.25) is 0 Å². The number of nitro groups is 1. The standard InChI is InChI=1S/C21H18FN5O5/c1-31-19-10-14(11-24-26-20-9-7-17(12-23-20)27(29)30)2-8-18(19)32-13-21(28)25-16-5-3-15(22)4-6-16/h2-12H,13H2,1H3,(H,23,26)(H,25,28)/b24-11+. The lowest BCUT2D eigenvalue weighted by atomic mass is 10.2. The van der Waals surface area contributed by atoms with Crippen molar-refractivity contribution in [3.63, 3.8) is 0 Å². The number of carbonyl (C=O) groups excluding carboxylic acids is 1. The zero-order chi connectivity index (χ0) is 22.9. The summed E-state index contributed by atoms with van der Waals surface area (Å²) in [6, 6.07) is 13.1. The number of halogens is 1. The first-order valence-electron chi connectivity index (χ1n) is 9.20. The third-order valence-corrected chi connectivity index (χ3v) is 4.03. The van der Waals surface area contributed by atoms with Crippen LogP contribution in [0.4, 0.5) is 21.6 Å². The van der Waals surface area contributed by atoms with Gasteiger partial charge in [-0.2, -0.15) is 5.10 Å². The lowest BCUT2D eigenvalue weighted by Gasteiger charge is -2.11. The van der Waals surface area contributed by atoms with Crippen molar-refractivity contribution in [2.24, 2.45) is 5.10 Å². The molecule has 0 spiro atoms.